The van der Waals surface area contributed by atoms with E-state index in [9.17, 15) is 5.11 Å². The molecule has 0 saturated carbocycles. The van der Waals surface area contributed by atoms with E-state index in [-0.39, 0.29) is 0 Å². The Hall–Kier alpha value is -1.77. The molecule has 0 aliphatic carbocycles. The molecule has 4 N–H and O–H groups in total. The summed E-state index contributed by atoms with van der Waals surface area (Å²) in [6.07, 6.45) is 0.521. The Morgan fingerprint density at radius 3 is 2.89 bits per heavy atom. The Kier molecular flexibility index (Phi) is 4.95. The fourth-order valence-corrected chi connectivity index (χ4v) is 1.50. The molecule has 0 aromatic heterocycles. The smallest absolute Gasteiger partial charge is 0.101 e. The zero-order chi connectivity index (χ0) is 13.6. The van der Waals surface area contributed by atoms with Crippen LogP contribution >= 0.6 is 0 Å². The summed E-state index contributed by atoms with van der Waals surface area (Å²) in [6.45, 7) is 2.55. The van der Waals surface area contributed by atoms with Gasteiger partial charge >= 0.3 is 0 Å². The predicted molar refractivity (Wildman–Crippen MR) is 71.2 cm³/mol. The number of hydrogen-bond donors (Lipinski definition) is 3. The highest BCUT2D eigenvalue weighted by Gasteiger charge is 2.20. The molecule has 5 heteroatoms. The normalized spacial score (nSPS) is 13.7. The highest BCUT2D eigenvalue weighted by Crippen LogP contribution is 2.19. The summed E-state index contributed by atoms with van der Waals surface area (Å²) in [7, 11) is 1.59. The van der Waals surface area contributed by atoms with Gasteiger partial charge in [-0.3, -0.25) is 0 Å². The number of rotatable bonds is 6. The molecular formula is C13H19N3O2. The van der Waals surface area contributed by atoms with Crippen LogP contribution < -0.4 is 11.1 Å². The summed E-state index contributed by atoms with van der Waals surface area (Å²) >= 11 is 0. The van der Waals surface area contributed by atoms with Crippen molar-refractivity contribution in [2.45, 2.75) is 18.9 Å². The maximum absolute atomic E-state index is 10.1. The molecule has 1 rings (SSSR count). The van der Waals surface area contributed by atoms with Crippen LogP contribution in [-0.2, 0) is 4.74 Å². The molecule has 0 heterocycles. The number of ether oxygens (including phenoxy) is 1. The minimum atomic E-state index is -0.885. The number of nitrogens with zero attached hydrogens (tertiary/aromatic N) is 1. The van der Waals surface area contributed by atoms with Gasteiger partial charge in [-0.05, 0) is 25.1 Å². The molecule has 0 fully saturated rings. The van der Waals surface area contributed by atoms with Crippen molar-refractivity contribution >= 4 is 11.4 Å². The minimum absolute atomic E-state index is 0.342. The quantitative estimate of drug-likeness (QED) is 0.662. The van der Waals surface area contributed by atoms with E-state index in [0.29, 0.717) is 36.5 Å². The van der Waals surface area contributed by atoms with Crippen LogP contribution in [0.4, 0.5) is 11.4 Å². The first-order valence-electron chi connectivity index (χ1n) is 5.73. The van der Waals surface area contributed by atoms with Crippen LogP contribution in [0.3, 0.4) is 0 Å². The molecule has 0 amide bonds. The average molecular weight is 249 g/mol. The second-order valence-corrected chi connectivity index (χ2v) is 4.51. The number of aliphatic hydroxyl groups is 1. The van der Waals surface area contributed by atoms with Crippen LogP contribution in [0.5, 0.6) is 0 Å². The summed E-state index contributed by atoms with van der Waals surface area (Å²) in [5, 5.41) is 22.1. The first-order chi connectivity index (χ1) is 8.48. The van der Waals surface area contributed by atoms with E-state index < -0.39 is 5.60 Å². The van der Waals surface area contributed by atoms with Crippen LogP contribution in [-0.4, -0.2) is 31.0 Å². The van der Waals surface area contributed by atoms with E-state index >= 15 is 0 Å². The van der Waals surface area contributed by atoms with Crippen molar-refractivity contribution in [3.05, 3.63) is 23.8 Å². The lowest BCUT2D eigenvalue weighted by Gasteiger charge is -2.24. The molecule has 1 aromatic rings. The van der Waals surface area contributed by atoms with E-state index in [4.69, 9.17) is 15.7 Å². The summed E-state index contributed by atoms with van der Waals surface area (Å²) in [5.41, 5.74) is 6.41. The molecule has 0 saturated heterocycles. The van der Waals surface area contributed by atoms with Crippen LogP contribution in [0.25, 0.3) is 0 Å². The maximum Gasteiger partial charge on any atom is 0.101 e. The molecule has 1 unspecified atom stereocenters. The summed E-state index contributed by atoms with van der Waals surface area (Å²) < 4.78 is 4.93. The van der Waals surface area contributed by atoms with Crippen molar-refractivity contribution in [2.75, 3.05) is 31.3 Å². The standard InChI is InChI=1S/C13H19N3O2/c1-13(17,5-6-18-2)9-16-12-4-3-11(15)7-10(12)8-14/h3-4,7,16-17H,5-6,9,15H2,1-2H3. The number of nitrogens with one attached hydrogen (secondary N) is 1. The van der Waals surface area contributed by atoms with Gasteiger partial charge in [-0.15, -0.1) is 0 Å². The third kappa shape index (κ3) is 4.24. The van der Waals surface area contributed by atoms with Gasteiger partial charge in [-0.2, -0.15) is 5.26 Å². The van der Waals surface area contributed by atoms with Gasteiger partial charge in [0.2, 0.25) is 0 Å². The minimum Gasteiger partial charge on any atom is -0.399 e. The SMILES string of the molecule is COCCC(C)(O)CNc1ccc(N)cc1C#N. The molecule has 18 heavy (non-hydrogen) atoms. The van der Waals surface area contributed by atoms with Gasteiger partial charge in [0.25, 0.3) is 0 Å². The topological polar surface area (TPSA) is 91.3 Å². The average Bonchev–Trinajstić information content (AvgIpc) is 2.35. The molecule has 98 valence electrons. The van der Waals surface area contributed by atoms with E-state index in [0.717, 1.165) is 0 Å². The molecule has 0 bridgehead atoms. The fourth-order valence-electron chi connectivity index (χ4n) is 1.50. The number of benzene rings is 1. The van der Waals surface area contributed by atoms with Gasteiger partial charge in [-0.1, -0.05) is 0 Å². The lowest BCUT2D eigenvalue weighted by Crippen LogP contribution is -2.34. The number of nitrogen functional groups attached to an aromatic ring is 1. The number of methoxy groups -OCH3 is 1. The molecule has 1 atom stereocenters. The molecular weight excluding hydrogens is 230 g/mol. The van der Waals surface area contributed by atoms with Gasteiger partial charge in [0.1, 0.15) is 6.07 Å². The van der Waals surface area contributed by atoms with Crippen molar-refractivity contribution in [3.63, 3.8) is 0 Å². The third-order valence-corrected chi connectivity index (χ3v) is 2.67. The molecule has 0 aliphatic heterocycles. The Morgan fingerprint density at radius 1 is 1.56 bits per heavy atom. The van der Waals surface area contributed by atoms with Crippen LogP contribution in [0.15, 0.2) is 18.2 Å². The van der Waals surface area contributed by atoms with E-state index in [1.54, 1.807) is 32.2 Å². The summed E-state index contributed by atoms with van der Waals surface area (Å²) in [5.74, 6) is 0. The van der Waals surface area contributed by atoms with Gasteiger partial charge in [0.15, 0.2) is 0 Å². The Labute approximate surface area is 107 Å². The first-order valence-corrected chi connectivity index (χ1v) is 5.73. The second kappa shape index (κ2) is 6.24. The second-order valence-electron chi connectivity index (χ2n) is 4.51. The zero-order valence-corrected chi connectivity index (χ0v) is 10.7. The molecule has 0 spiro atoms. The van der Waals surface area contributed by atoms with E-state index in [1.165, 1.54) is 0 Å². The Balaban J connectivity index is 2.66. The maximum atomic E-state index is 10.1. The summed E-state index contributed by atoms with van der Waals surface area (Å²) in [4.78, 5) is 0. The molecule has 1 aromatic carbocycles. The third-order valence-electron chi connectivity index (χ3n) is 2.67. The monoisotopic (exact) mass is 249 g/mol. The van der Waals surface area contributed by atoms with Crippen molar-refractivity contribution < 1.29 is 9.84 Å². The number of nitrogens with two attached hydrogens (primary N) is 1. The largest absolute Gasteiger partial charge is 0.399 e. The zero-order valence-electron chi connectivity index (χ0n) is 10.7. The first kappa shape index (κ1) is 14.3. The van der Waals surface area contributed by atoms with Crippen molar-refractivity contribution in [3.8, 4) is 6.07 Å². The Morgan fingerprint density at radius 2 is 2.28 bits per heavy atom. The van der Waals surface area contributed by atoms with Crippen LogP contribution in [0.2, 0.25) is 0 Å². The van der Waals surface area contributed by atoms with E-state index in [2.05, 4.69) is 11.4 Å². The van der Waals surface area contributed by atoms with E-state index in [1.807, 2.05) is 0 Å². The number of hydrogen-bond acceptors (Lipinski definition) is 5. The number of nitriles is 1. The number of anilines is 2. The van der Waals surface area contributed by atoms with Gasteiger partial charge in [-0.25, -0.2) is 0 Å². The lowest BCUT2D eigenvalue weighted by atomic mass is 10.0. The summed E-state index contributed by atoms with van der Waals surface area (Å²) in [6, 6.07) is 7.12. The molecule has 0 aliphatic rings. The Bertz CT molecular complexity index is 438. The molecule has 0 radical (unpaired) electrons. The predicted octanol–water partition coefficient (Wildman–Crippen LogP) is 1.34. The highest BCUT2D eigenvalue weighted by atomic mass is 16.5. The fraction of sp³-hybridized carbons (Fsp3) is 0.462. The van der Waals surface area contributed by atoms with Gasteiger partial charge in [0, 0.05) is 32.4 Å². The van der Waals surface area contributed by atoms with Gasteiger partial charge in [0.05, 0.1) is 16.9 Å². The van der Waals surface area contributed by atoms with Crippen LogP contribution in [0.1, 0.15) is 18.9 Å². The highest BCUT2D eigenvalue weighted by molar-refractivity contribution is 5.63. The van der Waals surface area contributed by atoms with Crippen molar-refractivity contribution in [2.24, 2.45) is 0 Å². The lowest BCUT2D eigenvalue weighted by molar-refractivity contribution is 0.0357. The van der Waals surface area contributed by atoms with Crippen LogP contribution in [0, 0.1) is 11.3 Å². The molecule has 5 nitrogen and oxygen atoms in total. The van der Waals surface area contributed by atoms with Crippen molar-refractivity contribution in [1.82, 2.24) is 0 Å². The van der Waals surface area contributed by atoms with Gasteiger partial charge < -0.3 is 20.9 Å². The van der Waals surface area contributed by atoms with Crippen molar-refractivity contribution in [1.29, 1.82) is 5.26 Å².